The maximum atomic E-state index is 12.6. The number of hydrogen-bond donors (Lipinski definition) is 0. The smallest absolute Gasteiger partial charge is 0.245 e. The van der Waals surface area contributed by atoms with Crippen LogP contribution in [-0.4, -0.2) is 25.0 Å². The zero-order valence-electron chi connectivity index (χ0n) is 10.8. The van der Waals surface area contributed by atoms with Crippen molar-refractivity contribution in [3.63, 3.8) is 0 Å². The molecule has 0 atom stereocenters. The highest BCUT2D eigenvalue weighted by atomic mass is 35.5. The fraction of sp³-hybridized carbons (Fsp3) is 0.0769. The minimum absolute atomic E-state index is 0.381. The lowest BCUT2D eigenvalue weighted by Crippen LogP contribution is -2.05. The van der Waals surface area contributed by atoms with Gasteiger partial charge in [-0.2, -0.15) is 13.2 Å². The molecule has 0 aliphatic carbocycles. The summed E-state index contributed by atoms with van der Waals surface area (Å²) in [5, 5.41) is 7.10. The lowest BCUT2D eigenvalue weighted by molar-refractivity contribution is -0.141. The van der Waals surface area contributed by atoms with Crippen molar-refractivity contribution in [3.05, 3.63) is 53.7 Å². The molecule has 2 heterocycles. The van der Waals surface area contributed by atoms with Crippen molar-refractivity contribution in [1.82, 2.24) is 25.0 Å². The first-order chi connectivity index (χ1) is 10.4. The lowest BCUT2D eigenvalue weighted by Gasteiger charge is -2.09. The van der Waals surface area contributed by atoms with Crippen molar-refractivity contribution in [2.24, 2.45) is 0 Å². The fourth-order valence-corrected chi connectivity index (χ4v) is 2.05. The van der Waals surface area contributed by atoms with Gasteiger partial charge >= 0.3 is 6.18 Å². The molecule has 0 bridgehead atoms. The first kappa shape index (κ1) is 14.5. The number of nitrogens with zero attached hydrogens (tertiary/aromatic N) is 5. The van der Waals surface area contributed by atoms with Gasteiger partial charge in [-0.05, 0) is 24.3 Å². The van der Waals surface area contributed by atoms with E-state index in [0.29, 0.717) is 22.0 Å². The van der Waals surface area contributed by atoms with E-state index in [9.17, 15) is 13.2 Å². The van der Waals surface area contributed by atoms with Gasteiger partial charge in [-0.15, -0.1) is 5.10 Å². The Morgan fingerprint density at radius 3 is 2.59 bits per heavy atom. The van der Waals surface area contributed by atoms with Crippen LogP contribution in [0.4, 0.5) is 13.2 Å². The second kappa shape index (κ2) is 5.38. The van der Waals surface area contributed by atoms with Gasteiger partial charge in [0.15, 0.2) is 5.69 Å². The molecule has 5 nitrogen and oxygen atoms in total. The molecule has 0 radical (unpaired) electrons. The van der Waals surface area contributed by atoms with Crippen molar-refractivity contribution in [1.29, 1.82) is 0 Å². The third kappa shape index (κ3) is 2.77. The largest absolute Gasteiger partial charge is 0.436 e. The first-order valence-corrected chi connectivity index (χ1v) is 6.39. The molecule has 0 amide bonds. The molecule has 0 N–H and O–H groups in total. The monoisotopic (exact) mass is 325 g/mol. The Hall–Kier alpha value is -2.48. The van der Waals surface area contributed by atoms with Crippen LogP contribution in [-0.2, 0) is 6.18 Å². The van der Waals surface area contributed by atoms with Gasteiger partial charge in [-0.1, -0.05) is 16.8 Å². The molecule has 0 aliphatic rings. The third-order valence-electron chi connectivity index (χ3n) is 2.85. The predicted octanol–water partition coefficient (Wildman–Crippen LogP) is 3.40. The summed E-state index contributed by atoms with van der Waals surface area (Å²) in [5.74, 6) is 0. The van der Waals surface area contributed by atoms with E-state index in [0.717, 1.165) is 10.9 Å². The van der Waals surface area contributed by atoms with Crippen LogP contribution in [0.15, 0.2) is 43.0 Å². The summed E-state index contributed by atoms with van der Waals surface area (Å²) in [7, 11) is 0. The van der Waals surface area contributed by atoms with Gasteiger partial charge < -0.3 is 0 Å². The molecule has 2 aromatic heterocycles. The Kier molecular flexibility index (Phi) is 3.53. The highest BCUT2D eigenvalue weighted by Gasteiger charge is 2.34. The minimum atomic E-state index is -4.56. The summed E-state index contributed by atoms with van der Waals surface area (Å²) in [6.07, 6.45) is -0.883. The van der Waals surface area contributed by atoms with Gasteiger partial charge in [0.05, 0.1) is 17.6 Å². The summed E-state index contributed by atoms with van der Waals surface area (Å²) in [6, 6.07) is 6.32. The average Bonchev–Trinajstić information content (AvgIpc) is 2.98. The Morgan fingerprint density at radius 1 is 1.14 bits per heavy atom. The van der Waals surface area contributed by atoms with E-state index in [1.54, 1.807) is 24.3 Å². The van der Waals surface area contributed by atoms with Gasteiger partial charge in [-0.25, -0.2) is 14.6 Å². The fourth-order valence-electron chi connectivity index (χ4n) is 1.87. The summed E-state index contributed by atoms with van der Waals surface area (Å²) in [6.45, 7) is 0. The quantitative estimate of drug-likeness (QED) is 0.724. The molecule has 3 rings (SSSR count). The topological polar surface area (TPSA) is 56.5 Å². The van der Waals surface area contributed by atoms with E-state index in [1.807, 2.05) is 0 Å². The highest BCUT2D eigenvalue weighted by molar-refractivity contribution is 6.31. The predicted molar refractivity (Wildman–Crippen MR) is 72.4 cm³/mol. The average molecular weight is 326 g/mol. The molecule has 22 heavy (non-hydrogen) atoms. The molecule has 0 saturated carbocycles. The molecular formula is C13H7ClF3N5. The van der Waals surface area contributed by atoms with Crippen LogP contribution >= 0.6 is 11.6 Å². The van der Waals surface area contributed by atoms with Gasteiger partial charge in [0.25, 0.3) is 0 Å². The molecule has 0 aliphatic heterocycles. The number of benzene rings is 1. The maximum absolute atomic E-state index is 12.6. The van der Waals surface area contributed by atoms with Crippen LogP contribution in [0, 0.1) is 0 Å². The van der Waals surface area contributed by atoms with Gasteiger partial charge in [0.2, 0.25) is 0 Å². The number of alkyl halides is 3. The molecule has 0 fully saturated rings. The Balaban J connectivity index is 2.14. The summed E-state index contributed by atoms with van der Waals surface area (Å²) in [4.78, 5) is 7.88. The van der Waals surface area contributed by atoms with Crippen LogP contribution in [0.3, 0.4) is 0 Å². The lowest BCUT2D eigenvalue weighted by atomic mass is 10.1. The Labute approximate surface area is 127 Å². The molecule has 112 valence electrons. The Morgan fingerprint density at radius 2 is 1.95 bits per heavy atom. The van der Waals surface area contributed by atoms with E-state index in [2.05, 4.69) is 20.3 Å². The summed E-state index contributed by atoms with van der Waals surface area (Å²) in [5.41, 5.74) is 0.340. The maximum Gasteiger partial charge on any atom is 0.436 e. The van der Waals surface area contributed by atoms with Crippen molar-refractivity contribution in [3.8, 4) is 16.9 Å². The van der Waals surface area contributed by atoms with Crippen LogP contribution < -0.4 is 0 Å². The number of rotatable bonds is 2. The standard InChI is InChI=1S/C13H7ClF3N5/c14-8-1-2-11(9(5-8)10-3-4-18-7-19-10)22-6-12(20-21-22)13(15,16)17/h1-7H. The van der Waals surface area contributed by atoms with Crippen molar-refractivity contribution in [2.75, 3.05) is 0 Å². The van der Waals surface area contributed by atoms with E-state index in [1.165, 1.54) is 12.5 Å². The van der Waals surface area contributed by atoms with Gasteiger partial charge in [-0.3, -0.25) is 0 Å². The molecule has 0 spiro atoms. The highest BCUT2D eigenvalue weighted by Crippen LogP contribution is 2.30. The molecule has 0 unspecified atom stereocenters. The Bertz CT molecular complexity index is 801. The number of hydrogen-bond acceptors (Lipinski definition) is 4. The van der Waals surface area contributed by atoms with Crippen LogP contribution in [0.25, 0.3) is 16.9 Å². The molecule has 3 aromatic rings. The van der Waals surface area contributed by atoms with E-state index in [-0.39, 0.29) is 0 Å². The minimum Gasteiger partial charge on any atom is -0.245 e. The van der Waals surface area contributed by atoms with Crippen molar-refractivity contribution in [2.45, 2.75) is 6.18 Å². The second-order valence-corrected chi connectivity index (χ2v) is 4.74. The van der Waals surface area contributed by atoms with Crippen molar-refractivity contribution < 1.29 is 13.2 Å². The van der Waals surface area contributed by atoms with Crippen LogP contribution in [0.5, 0.6) is 0 Å². The van der Waals surface area contributed by atoms with Gasteiger partial charge in [0.1, 0.15) is 6.33 Å². The molecule has 0 saturated heterocycles. The van der Waals surface area contributed by atoms with E-state index >= 15 is 0 Å². The summed E-state index contributed by atoms with van der Waals surface area (Å²) >= 11 is 5.96. The molecular weight excluding hydrogens is 319 g/mol. The summed E-state index contributed by atoms with van der Waals surface area (Å²) < 4.78 is 39.0. The zero-order chi connectivity index (χ0) is 15.7. The van der Waals surface area contributed by atoms with E-state index < -0.39 is 11.9 Å². The second-order valence-electron chi connectivity index (χ2n) is 4.30. The van der Waals surface area contributed by atoms with Gasteiger partial charge in [0, 0.05) is 16.8 Å². The van der Waals surface area contributed by atoms with Crippen molar-refractivity contribution >= 4 is 11.6 Å². The SMILES string of the molecule is FC(F)(F)c1cn(-c2ccc(Cl)cc2-c2ccncn2)nn1. The molecule has 1 aromatic carbocycles. The third-order valence-corrected chi connectivity index (χ3v) is 3.08. The van der Waals surface area contributed by atoms with Crippen LogP contribution in [0.1, 0.15) is 5.69 Å². The molecule has 9 heteroatoms. The van der Waals surface area contributed by atoms with Crippen LogP contribution in [0.2, 0.25) is 5.02 Å². The normalized spacial score (nSPS) is 11.6. The first-order valence-electron chi connectivity index (χ1n) is 6.01. The van der Waals surface area contributed by atoms with E-state index in [4.69, 9.17) is 11.6 Å². The number of halogens is 4. The number of aromatic nitrogens is 5. The zero-order valence-corrected chi connectivity index (χ0v) is 11.5.